The molecule has 2 amide bonds. The van der Waals surface area contributed by atoms with E-state index in [9.17, 15) is 9.59 Å². The molecule has 0 bridgehead atoms. The Balaban J connectivity index is 1.32. The molecule has 1 aliphatic carbocycles. The largest absolute Gasteiger partial charge is 0.469 e. The van der Waals surface area contributed by atoms with Gasteiger partial charge in [-0.05, 0) is 49.1 Å². The minimum Gasteiger partial charge on any atom is -0.469 e. The van der Waals surface area contributed by atoms with Crippen molar-refractivity contribution in [3.05, 3.63) is 59.5 Å². The molecular formula is C24H30N2O3. The fourth-order valence-electron chi connectivity index (χ4n) is 5.10. The fraction of sp³-hybridized carbons (Fsp3) is 0.500. The lowest BCUT2D eigenvalue weighted by atomic mass is 9.75. The normalized spacial score (nSPS) is 23.0. The number of benzene rings is 1. The molecule has 4 rings (SSSR count). The van der Waals surface area contributed by atoms with E-state index in [4.69, 9.17) is 4.42 Å². The van der Waals surface area contributed by atoms with Gasteiger partial charge in [0.15, 0.2) is 0 Å². The highest BCUT2D eigenvalue weighted by atomic mass is 16.3. The van der Waals surface area contributed by atoms with E-state index in [-0.39, 0.29) is 11.8 Å². The van der Waals surface area contributed by atoms with Crippen LogP contribution in [0.3, 0.4) is 0 Å². The van der Waals surface area contributed by atoms with Crippen LogP contribution in [0.25, 0.3) is 0 Å². The molecule has 0 radical (unpaired) electrons. The Bertz CT molecular complexity index is 873. The molecule has 1 aromatic carbocycles. The van der Waals surface area contributed by atoms with Crippen LogP contribution >= 0.6 is 0 Å². The molecule has 5 nitrogen and oxygen atoms in total. The van der Waals surface area contributed by atoms with Gasteiger partial charge in [-0.3, -0.25) is 9.59 Å². The van der Waals surface area contributed by atoms with E-state index >= 15 is 0 Å². The number of nitrogens with one attached hydrogen (secondary N) is 1. The number of hydrogen-bond acceptors (Lipinski definition) is 3. The van der Waals surface area contributed by atoms with Gasteiger partial charge in [0.1, 0.15) is 12.0 Å². The Kier molecular flexibility index (Phi) is 5.24. The van der Waals surface area contributed by atoms with Crippen molar-refractivity contribution >= 4 is 11.8 Å². The number of nitrogens with zero attached hydrogens (tertiary/aromatic N) is 1. The summed E-state index contributed by atoms with van der Waals surface area (Å²) in [5.41, 5.74) is 1.25. The number of likely N-dealkylation sites (tertiary alicyclic amines) is 1. The summed E-state index contributed by atoms with van der Waals surface area (Å²) in [6.45, 7) is 8.28. The average Bonchev–Trinajstić information content (AvgIpc) is 3.07. The van der Waals surface area contributed by atoms with Crippen LogP contribution in [0, 0.1) is 24.7 Å². The summed E-state index contributed by atoms with van der Waals surface area (Å²) in [5.74, 6) is 2.42. The second kappa shape index (κ2) is 7.69. The summed E-state index contributed by atoms with van der Waals surface area (Å²) in [6.07, 6.45) is 3.10. The molecule has 2 heterocycles. The van der Waals surface area contributed by atoms with Crippen LogP contribution in [0.15, 0.2) is 47.1 Å². The van der Waals surface area contributed by atoms with E-state index < -0.39 is 5.41 Å². The minimum atomic E-state index is -0.466. The van der Waals surface area contributed by atoms with E-state index in [1.165, 1.54) is 6.26 Å². The number of piperidine rings is 1. The first-order valence-corrected chi connectivity index (χ1v) is 10.7. The van der Waals surface area contributed by atoms with Crippen molar-refractivity contribution in [2.24, 2.45) is 17.8 Å². The van der Waals surface area contributed by atoms with Crippen LogP contribution in [-0.4, -0.2) is 36.3 Å². The number of carbonyl (C=O) groups is 2. The Labute approximate surface area is 172 Å². The molecule has 5 heteroatoms. The third-order valence-electron chi connectivity index (χ3n) is 7.10. The molecule has 154 valence electrons. The maximum atomic E-state index is 13.2. The Morgan fingerprint density at radius 2 is 1.79 bits per heavy atom. The van der Waals surface area contributed by atoms with Gasteiger partial charge in [-0.2, -0.15) is 0 Å². The monoisotopic (exact) mass is 394 g/mol. The van der Waals surface area contributed by atoms with E-state index in [0.29, 0.717) is 29.9 Å². The number of amides is 2. The van der Waals surface area contributed by atoms with Crippen molar-refractivity contribution < 1.29 is 14.0 Å². The average molecular weight is 395 g/mol. The second-order valence-electron chi connectivity index (χ2n) is 8.51. The molecular weight excluding hydrogens is 364 g/mol. The first-order chi connectivity index (χ1) is 14.0. The third-order valence-corrected chi connectivity index (χ3v) is 7.10. The molecule has 2 atom stereocenters. The van der Waals surface area contributed by atoms with Crippen LogP contribution in [0.2, 0.25) is 0 Å². The van der Waals surface area contributed by atoms with Gasteiger partial charge in [-0.25, -0.2) is 0 Å². The lowest BCUT2D eigenvalue weighted by molar-refractivity contribution is -0.127. The quantitative estimate of drug-likeness (QED) is 0.777. The summed E-state index contributed by atoms with van der Waals surface area (Å²) >= 11 is 0. The molecule has 2 fully saturated rings. The van der Waals surface area contributed by atoms with Gasteiger partial charge in [-0.15, -0.1) is 0 Å². The molecule has 0 spiro atoms. The third kappa shape index (κ3) is 3.47. The first kappa shape index (κ1) is 19.7. The highest BCUT2D eigenvalue weighted by Gasteiger charge is 2.56. The lowest BCUT2D eigenvalue weighted by Gasteiger charge is -2.31. The smallest absolute Gasteiger partial charge is 0.257 e. The van der Waals surface area contributed by atoms with Crippen LogP contribution in [0.5, 0.6) is 0 Å². The maximum Gasteiger partial charge on any atom is 0.257 e. The van der Waals surface area contributed by atoms with Crippen molar-refractivity contribution in [2.45, 2.75) is 39.0 Å². The zero-order chi connectivity index (χ0) is 20.6. The Morgan fingerprint density at radius 1 is 1.14 bits per heavy atom. The van der Waals surface area contributed by atoms with Gasteiger partial charge >= 0.3 is 0 Å². The molecule has 1 N–H and O–H groups in total. The standard InChI is InChI=1S/C24H30N2O3/c1-4-24(5-2,18-9-7-6-8-10-18)23(28)25-12-19-20-13-26(14-21(19)20)22(27)17-11-16(3)29-15-17/h6-11,15,19-21H,4-5,12-14H2,1-3H3,(H,25,28). The number of rotatable bonds is 7. The van der Waals surface area contributed by atoms with E-state index in [2.05, 4.69) is 31.3 Å². The van der Waals surface area contributed by atoms with Crippen LogP contribution in [0.1, 0.15) is 48.4 Å². The second-order valence-corrected chi connectivity index (χ2v) is 8.51. The highest BCUT2D eigenvalue weighted by molar-refractivity contribution is 5.94. The molecule has 29 heavy (non-hydrogen) atoms. The van der Waals surface area contributed by atoms with Gasteiger partial charge in [0, 0.05) is 19.6 Å². The molecule has 2 unspecified atom stereocenters. The Morgan fingerprint density at radius 3 is 2.34 bits per heavy atom. The molecule has 1 saturated carbocycles. The van der Waals surface area contributed by atoms with Gasteiger partial charge in [0.25, 0.3) is 5.91 Å². The number of hydrogen-bond donors (Lipinski definition) is 1. The zero-order valence-corrected chi connectivity index (χ0v) is 17.5. The van der Waals surface area contributed by atoms with Crippen molar-refractivity contribution in [2.75, 3.05) is 19.6 Å². The molecule has 1 saturated heterocycles. The number of aryl methyl sites for hydroxylation is 1. The van der Waals surface area contributed by atoms with Crippen molar-refractivity contribution in [1.82, 2.24) is 10.2 Å². The van der Waals surface area contributed by atoms with E-state index in [1.807, 2.05) is 30.0 Å². The SMILES string of the molecule is CCC(CC)(C(=O)NCC1C2CN(C(=O)c3coc(C)c3)CC12)c1ccccc1. The van der Waals surface area contributed by atoms with Crippen LogP contribution in [0.4, 0.5) is 0 Å². The van der Waals surface area contributed by atoms with Gasteiger partial charge in [-0.1, -0.05) is 44.2 Å². The van der Waals surface area contributed by atoms with Crippen molar-refractivity contribution in [1.29, 1.82) is 0 Å². The topological polar surface area (TPSA) is 62.6 Å². The van der Waals surface area contributed by atoms with E-state index in [1.54, 1.807) is 6.07 Å². The summed E-state index contributed by atoms with van der Waals surface area (Å²) < 4.78 is 5.26. The molecule has 1 aliphatic heterocycles. The van der Waals surface area contributed by atoms with Crippen LogP contribution < -0.4 is 5.32 Å². The molecule has 2 aliphatic rings. The summed E-state index contributed by atoms with van der Waals surface area (Å²) in [4.78, 5) is 27.6. The van der Waals surface area contributed by atoms with Crippen molar-refractivity contribution in [3.8, 4) is 0 Å². The predicted octanol–water partition coefficient (Wildman–Crippen LogP) is 3.78. The Hall–Kier alpha value is -2.56. The molecule has 1 aromatic heterocycles. The fourth-order valence-corrected chi connectivity index (χ4v) is 5.10. The van der Waals surface area contributed by atoms with E-state index in [0.717, 1.165) is 37.3 Å². The summed E-state index contributed by atoms with van der Waals surface area (Å²) in [6, 6.07) is 11.9. The van der Waals surface area contributed by atoms with Gasteiger partial charge in [0.05, 0.1) is 11.0 Å². The van der Waals surface area contributed by atoms with Crippen molar-refractivity contribution in [3.63, 3.8) is 0 Å². The number of furan rings is 1. The van der Waals surface area contributed by atoms with Gasteiger partial charge in [0.2, 0.25) is 5.91 Å². The number of fused-ring (bicyclic) bond motifs is 1. The summed E-state index contributed by atoms with van der Waals surface area (Å²) in [5, 5.41) is 3.24. The minimum absolute atomic E-state index is 0.0527. The number of carbonyl (C=O) groups excluding carboxylic acids is 2. The highest BCUT2D eigenvalue weighted by Crippen LogP contribution is 2.51. The van der Waals surface area contributed by atoms with Gasteiger partial charge < -0.3 is 14.6 Å². The first-order valence-electron chi connectivity index (χ1n) is 10.7. The lowest BCUT2D eigenvalue weighted by Crippen LogP contribution is -2.45. The molecule has 2 aromatic rings. The van der Waals surface area contributed by atoms with Crippen LogP contribution in [-0.2, 0) is 10.2 Å². The predicted molar refractivity (Wildman–Crippen MR) is 112 cm³/mol. The summed E-state index contributed by atoms with van der Waals surface area (Å²) in [7, 11) is 0. The zero-order valence-electron chi connectivity index (χ0n) is 17.5. The maximum absolute atomic E-state index is 13.2.